The number of carbonyl (C=O) groups excluding carboxylic acids is 18. The Kier molecular flexibility index (Phi) is 40.7. The molecule has 9 rings (SSSR count). The molecular weight excluding hydrogens is 1750 g/mol. The van der Waals surface area contributed by atoms with Crippen LogP contribution in [0, 0.1) is 11.3 Å². The minimum atomic E-state index is -1.60. The number of nitrogens with zero attached hydrogens (tertiary/aromatic N) is 5. The van der Waals surface area contributed by atoms with Crippen molar-refractivity contribution >= 4 is 135 Å². The SMILES string of the molecule is CSCC[C@H](NC(=O)[C@H](Cc1ccccc1)NC(=O)[C@H](Cc1cnc[nH]1)NC(=O)CNC(=O)[C@@H](NC(=O)[C@H](C)NC(=O)[C@H](Cc1c[nH]c2ccccc12)NC(=O)[C@H](CCC(N)=O)NC(=O)[C@@H]1CCCN1C(=O)[C@@H]1CCCN1C(=O)[C@H](CCCNC(=N)N)NC(=O)[C@@H]1CCCN1C(=O)[C@@H]1CCCN1C(=O)[C@H](CCCCN)NC(=O)[C@H](CCCCN)NC(=O)[C@@H]1CCC(=O)N1)C(C)C)C(N)=O. The van der Waals surface area contributed by atoms with E-state index < -0.39 is 216 Å². The van der Waals surface area contributed by atoms with Gasteiger partial charge in [0.05, 0.1) is 12.9 Å². The molecule has 0 bridgehead atoms. The third-order valence-electron chi connectivity index (χ3n) is 24.7. The number of aromatic nitrogens is 3. The van der Waals surface area contributed by atoms with Crippen LogP contribution < -0.4 is 97.8 Å². The number of hydrogen-bond donors (Lipinski definition) is 21. The highest BCUT2D eigenvalue weighted by Gasteiger charge is 2.48. The second-order valence-corrected chi connectivity index (χ2v) is 35.9. The molecule has 5 saturated heterocycles. The van der Waals surface area contributed by atoms with Gasteiger partial charge in [-0.15, -0.1) is 0 Å². The van der Waals surface area contributed by atoms with E-state index in [9.17, 15) is 76.7 Å². The van der Waals surface area contributed by atoms with E-state index in [0.717, 1.165) is 0 Å². The van der Waals surface area contributed by atoms with Crippen LogP contribution in [-0.4, -0.2) is 302 Å². The highest BCUT2D eigenvalue weighted by atomic mass is 32.2. The van der Waals surface area contributed by atoms with Crippen LogP contribution in [0.15, 0.2) is 73.3 Å². The molecule has 0 aliphatic carbocycles. The summed E-state index contributed by atoms with van der Waals surface area (Å²) in [5, 5.41) is 43.4. The molecule has 5 fully saturated rings. The summed E-state index contributed by atoms with van der Waals surface area (Å²) >= 11 is 1.44. The summed E-state index contributed by atoms with van der Waals surface area (Å²) in [6, 6.07) is -2.77. The number of rotatable bonds is 52. The number of benzene rings is 2. The van der Waals surface area contributed by atoms with Crippen LogP contribution in [0.1, 0.15) is 172 Å². The number of fused-ring (bicyclic) bond motifs is 1. The number of H-pyrrole nitrogens is 2. The number of carbonyl (C=O) groups is 18. The smallest absolute Gasteiger partial charge is 0.246 e. The molecule has 134 heavy (non-hydrogen) atoms. The van der Waals surface area contributed by atoms with E-state index in [0.29, 0.717) is 97.9 Å². The third kappa shape index (κ3) is 30.4. The second-order valence-electron chi connectivity index (χ2n) is 34.9. The van der Waals surface area contributed by atoms with Crippen molar-refractivity contribution in [1.29, 1.82) is 5.41 Å². The lowest BCUT2D eigenvalue weighted by molar-refractivity contribution is -0.149. The number of thioether (sulfide) groups is 1. The molecule has 5 aliphatic heterocycles. The average molecular weight is 1890 g/mol. The maximum atomic E-state index is 15.2. The molecule has 15 atom stereocenters. The molecule has 2 aromatic carbocycles. The molecule has 0 unspecified atom stereocenters. The fourth-order valence-electron chi connectivity index (χ4n) is 17.4. The molecular formula is C89H132N26O18S. The van der Waals surface area contributed by atoms with Gasteiger partial charge in [0, 0.05) is 93.8 Å². The van der Waals surface area contributed by atoms with E-state index in [2.05, 4.69) is 84.1 Å². The van der Waals surface area contributed by atoms with Crippen LogP contribution in [0.25, 0.3) is 10.9 Å². The Morgan fingerprint density at radius 1 is 0.500 bits per heavy atom. The lowest BCUT2D eigenvalue weighted by Crippen LogP contribution is -2.60. The number of guanidine groups is 1. The van der Waals surface area contributed by atoms with E-state index in [4.69, 9.17) is 34.1 Å². The van der Waals surface area contributed by atoms with E-state index in [1.165, 1.54) is 50.8 Å². The van der Waals surface area contributed by atoms with Crippen molar-refractivity contribution < 1.29 is 86.3 Å². The van der Waals surface area contributed by atoms with E-state index in [1.807, 2.05) is 6.26 Å². The number of unbranched alkanes of at least 4 members (excludes halogenated alkanes) is 2. The van der Waals surface area contributed by atoms with Crippen molar-refractivity contribution in [3.05, 3.63) is 90.1 Å². The van der Waals surface area contributed by atoms with Gasteiger partial charge in [0.1, 0.15) is 90.6 Å². The molecule has 0 saturated carbocycles. The Bertz CT molecular complexity index is 4790. The van der Waals surface area contributed by atoms with E-state index in [1.54, 1.807) is 74.6 Å². The van der Waals surface area contributed by atoms with Crippen molar-refractivity contribution in [3.63, 3.8) is 0 Å². The zero-order valence-electron chi connectivity index (χ0n) is 76.4. The first kappa shape index (κ1) is 105. The van der Waals surface area contributed by atoms with Gasteiger partial charge in [-0.3, -0.25) is 91.7 Å². The van der Waals surface area contributed by atoms with Crippen LogP contribution in [-0.2, 0) is 106 Å². The summed E-state index contributed by atoms with van der Waals surface area (Å²) in [5.41, 5.74) is 30.8. The standard InChI is InChI=1S/C89H132N26O18S/c1-50(2)73(84(129)99-48-72(118)103-65(45-54-47-96-49-100-54)81(126)109-63(43-52-19-6-5-7-20-52)80(125)104-57(74(93)119)34-42-134-4)111-75(120)51(3)101-79(124)64(44-53-46-98-56-22-9-8-21-55(53)56)110-78(123)60(30-32-70(92)116)106-82(127)66-26-15-38-112(66)87(132)69-29-18-41-115(69)86(131)62(25-14-37-97-89(94)95)108-83(128)67-27-16-39-113(67)88(133)68-28-17-40-114(68)85(130)61(24-11-13-36-91)107-76(121)58(23-10-12-35-90)105-77(122)59-31-33-71(117)102-59/h5-9,19-22,46-47,49-51,57-69,73,98H,10-18,23-45,48,90-91H2,1-4H3,(H2,92,116)(H2,93,119)(H,96,100)(H,99,129)(H,101,124)(H,102,117)(H,103,118)(H,104,125)(H,105,122)(H,106,127)(H,107,121)(H,108,128)(H,109,126)(H,110,123)(H,111,120)(H4,94,95,97)/t51-,57-,58-,59-,60-,61-,62-,63-,64-,65-,66-,67-,68-,69-,73-/m0/s1. The van der Waals surface area contributed by atoms with E-state index in [-0.39, 0.29) is 134 Å². The molecule has 732 valence electrons. The van der Waals surface area contributed by atoms with Gasteiger partial charge in [-0.1, -0.05) is 62.4 Å². The largest absolute Gasteiger partial charge is 0.370 e. The summed E-state index contributed by atoms with van der Waals surface area (Å²) in [5.74, 6) is -13.5. The summed E-state index contributed by atoms with van der Waals surface area (Å²) < 4.78 is 0. The molecule has 2 aromatic heterocycles. The molecule has 45 heteroatoms. The monoisotopic (exact) mass is 1880 g/mol. The Morgan fingerprint density at radius 3 is 1.56 bits per heavy atom. The number of aromatic amines is 2. The molecule has 26 N–H and O–H groups in total. The number of amides is 18. The maximum Gasteiger partial charge on any atom is 0.246 e. The summed E-state index contributed by atoms with van der Waals surface area (Å²) in [6.45, 7) is 4.87. The minimum absolute atomic E-state index is 0.0218. The zero-order valence-corrected chi connectivity index (χ0v) is 77.2. The number of nitrogens with two attached hydrogens (primary N) is 5. The van der Waals surface area contributed by atoms with Crippen molar-refractivity contribution in [2.24, 2.45) is 34.6 Å². The fourth-order valence-corrected chi connectivity index (χ4v) is 17.8. The van der Waals surface area contributed by atoms with Crippen molar-refractivity contribution in [2.45, 2.75) is 265 Å². The zero-order chi connectivity index (χ0) is 97.2. The highest BCUT2D eigenvalue weighted by molar-refractivity contribution is 7.98. The normalized spacial score (nSPS) is 19.2. The van der Waals surface area contributed by atoms with Crippen LogP contribution in [0.2, 0.25) is 0 Å². The van der Waals surface area contributed by atoms with Crippen molar-refractivity contribution in [2.75, 3.05) is 64.4 Å². The molecule has 7 heterocycles. The first-order valence-electron chi connectivity index (χ1n) is 46.1. The van der Waals surface area contributed by atoms with Gasteiger partial charge >= 0.3 is 0 Å². The molecule has 5 aliphatic rings. The van der Waals surface area contributed by atoms with Crippen LogP contribution >= 0.6 is 11.8 Å². The van der Waals surface area contributed by atoms with Crippen LogP contribution in [0.3, 0.4) is 0 Å². The maximum absolute atomic E-state index is 15.2. The Morgan fingerprint density at radius 2 is 1.01 bits per heavy atom. The quantitative estimate of drug-likeness (QED) is 0.0113. The number of imidazole rings is 1. The molecule has 4 aromatic rings. The molecule has 18 amide bonds. The first-order chi connectivity index (χ1) is 64.2. The van der Waals surface area contributed by atoms with Crippen molar-refractivity contribution in [1.82, 2.24) is 104 Å². The summed E-state index contributed by atoms with van der Waals surface area (Å²) in [4.78, 5) is 270. The topological polar surface area (TPSA) is 675 Å². The second kappa shape index (κ2) is 52.0. The van der Waals surface area contributed by atoms with Gasteiger partial charge in [-0.05, 0) is 177 Å². The molecule has 0 spiro atoms. The number of primary amides is 2. The lowest BCUT2D eigenvalue weighted by atomic mass is 10.0. The van der Waals surface area contributed by atoms with Gasteiger partial charge in [0.2, 0.25) is 106 Å². The predicted molar refractivity (Wildman–Crippen MR) is 493 cm³/mol. The lowest BCUT2D eigenvalue weighted by Gasteiger charge is -2.35. The number of nitrogens with one attached hydrogen (secondary N) is 16. The number of hydrogen-bond acceptors (Lipinski definition) is 23. The predicted octanol–water partition coefficient (Wildman–Crippen LogP) is -4.17. The van der Waals surface area contributed by atoms with Crippen LogP contribution in [0.4, 0.5) is 0 Å². The van der Waals surface area contributed by atoms with E-state index >= 15 is 9.59 Å². The minimum Gasteiger partial charge on any atom is -0.370 e. The highest BCUT2D eigenvalue weighted by Crippen LogP contribution is 2.30. The van der Waals surface area contributed by atoms with Crippen molar-refractivity contribution in [3.8, 4) is 0 Å². The number of likely N-dealkylation sites (tertiary alicyclic amines) is 4. The Labute approximate surface area is 781 Å². The summed E-state index contributed by atoms with van der Waals surface area (Å²) in [6.07, 6.45) is 9.97. The first-order valence-corrected chi connectivity index (χ1v) is 47.5. The van der Waals surface area contributed by atoms with Gasteiger partial charge in [0.25, 0.3) is 0 Å². The molecule has 0 radical (unpaired) electrons. The number of para-hydroxylation sites is 1. The van der Waals surface area contributed by atoms with Gasteiger partial charge in [0.15, 0.2) is 5.96 Å². The third-order valence-corrected chi connectivity index (χ3v) is 25.3. The summed E-state index contributed by atoms with van der Waals surface area (Å²) in [7, 11) is 0. The Balaban J connectivity index is 0.844. The molecule has 44 nitrogen and oxygen atoms in total. The van der Waals surface area contributed by atoms with Gasteiger partial charge in [-0.2, -0.15) is 11.8 Å². The van der Waals surface area contributed by atoms with Gasteiger partial charge in [-0.25, -0.2) is 4.98 Å². The fraction of sp³-hybridized carbons (Fsp3) is 0.596. The van der Waals surface area contributed by atoms with Crippen LogP contribution in [0.5, 0.6) is 0 Å². The van der Waals surface area contributed by atoms with Gasteiger partial charge < -0.3 is 127 Å². The average Bonchev–Trinajstić information content (AvgIpc) is 1.38. The Hall–Kier alpha value is -12.8.